The molecule has 2 aromatic carbocycles. The molecule has 0 spiro atoms. The van der Waals surface area contributed by atoms with Gasteiger partial charge < -0.3 is 16.4 Å². The van der Waals surface area contributed by atoms with Gasteiger partial charge in [-0.2, -0.15) is 0 Å². The number of hydrogen-bond donors (Lipinski definition) is 3. The van der Waals surface area contributed by atoms with E-state index in [1.54, 1.807) is 35.1 Å². The molecule has 8 heteroatoms. The van der Waals surface area contributed by atoms with Gasteiger partial charge in [0.1, 0.15) is 0 Å². The van der Waals surface area contributed by atoms with Crippen LogP contribution in [0.4, 0.5) is 16.2 Å². The van der Waals surface area contributed by atoms with E-state index in [2.05, 4.69) is 20.9 Å². The molecule has 0 atom stereocenters. The van der Waals surface area contributed by atoms with Gasteiger partial charge in [-0.05, 0) is 23.8 Å². The average molecular weight is 336 g/mol. The van der Waals surface area contributed by atoms with Crippen LogP contribution < -0.4 is 16.4 Å². The summed E-state index contributed by atoms with van der Waals surface area (Å²) in [7, 11) is 0. The summed E-state index contributed by atoms with van der Waals surface area (Å²) in [5.41, 5.74) is 7.33. The van der Waals surface area contributed by atoms with Gasteiger partial charge in [0, 0.05) is 11.4 Å². The minimum Gasteiger partial charge on any atom is -0.351 e. The second kappa shape index (κ2) is 7.26. The zero-order valence-electron chi connectivity index (χ0n) is 13.2. The van der Waals surface area contributed by atoms with Crippen molar-refractivity contribution >= 4 is 23.3 Å². The number of benzene rings is 2. The third kappa shape index (κ3) is 4.41. The molecule has 1 heterocycles. The molecular weight excluding hydrogens is 320 g/mol. The van der Waals surface area contributed by atoms with Crippen molar-refractivity contribution in [1.29, 1.82) is 0 Å². The Hall–Kier alpha value is -3.68. The van der Waals surface area contributed by atoms with Crippen molar-refractivity contribution in [2.75, 3.05) is 10.6 Å². The summed E-state index contributed by atoms with van der Waals surface area (Å²) in [6.45, 7) is 0.527. The van der Waals surface area contributed by atoms with E-state index in [0.717, 1.165) is 5.56 Å². The fraction of sp³-hybridized carbons (Fsp3) is 0.0588. The van der Waals surface area contributed by atoms with E-state index < -0.39 is 11.9 Å². The van der Waals surface area contributed by atoms with Crippen molar-refractivity contribution in [3.05, 3.63) is 72.1 Å². The first-order valence-electron chi connectivity index (χ1n) is 7.52. The molecule has 3 rings (SSSR count). The highest BCUT2D eigenvalue weighted by Gasteiger charge is 2.11. The van der Waals surface area contributed by atoms with Crippen LogP contribution in [-0.4, -0.2) is 26.9 Å². The van der Waals surface area contributed by atoms with Gasteiger partial charge >= 0.3 is 6.03 Å². The molecule has 0 saturated heterocycles. The monoisotopic (exact) mass is 336 g/mol. The number of anilines is 2. The lowest BCUT2D eigenvalue weighted by atomic mass is 10.2. The van der Waals surface area contributed by atoms with Gasteiger partial charge in [-0.15, -0.1) is 5.10 Å². The number of nitrogens with zero attached hydrogens (tertiary/aromatic N) is 3. The minimum atomic E-state index is -0.674. The van der Waals surface area contributed by atoms with E-state index in [-0.39, 0.29) is 5.69 Å². The summed E-state index contributed by atoms with van der Waals surface area (Å²) >= 11 is 0. The Kier molecular flexibility index (Phi) is 4.70. The van der Waals surface area contributed by atoms with E-state index in [9.17, 15) is 9.59 Å². The Morgan fingerprint density at radius 3 is 2.44 bits per heavy atom. The first kappa shape index (κ1) is 16.2. The molecular formula is C17H16N6O2. The van der Waals surface area contributed by atoms with Crippen LogP contribution in [-0.2, 0) is 6.54 Å². The highest BCUT2D eigenvalue weighted by molar-refractivity contribution is 6.03. The molecule has 8 nitrogen and oxygen atoms in total. The molecule has 0 unspecified atom stereocenters. The molecule has 25 heavy (non-hydrogen) atoms. The molecule has 126 valence electrons. The van der Waals surface area contributed by atoms with Crippen LogP contribution in [0, 0.1) is 0 Å². The maximum absolute atomic E-state index is 12.3. The minimum absolute atomic E-state index is 0.198. The summed E-state index contributed by atoms with van der Waals surface area (Å²) in [4.78, 5) is 23.2. The lowest BCUT2D eigenvalue weighted by molar-refractivity contribution is 0.102. The number of rotatable bonds is 5. The zero-order chi connectivity index (χ0) is 17.6. The van der Waals surface area contributed by atoms with Gasteiger partial charge in [-0.1, -0.05) is 41.6 Å². The number of aromatic nitrogens is 3. The second-order valence-corrected chi connectivity index (χ2v) is 5.31. The largest absolute Gasteiger partial charge is 0.351 e. The number of carbonyl (C=O) groups is 2. The molecule has 4 N–H and O–H groups in total. The maximum Gasteiger partial charge on any atom is 0.316 e. The predicted octanol–water partition coefficient (Wildman–Crippen LogP) is 2.07. The standard InChI is InChI=1S/C17H16N6O2/c18-17(25)20-14-8-4-7-13(9-14)19-16(24)15-11-23(22-21-15)10-12-5-2-1-3-6-12/h1-9,11H,10H2,(H,19,24)(H3,18,20,25). The van der Waals surface area contributed by atoms with Crippen LogP contribution in [0.1, 0.15) is 16.1 Å². The molecule has 0 aliphatic carbocycles. The van der Waals surface area contributed by atoms with Gasteiger partial charge in [-0.25, -0.2) is 9.48 Å². The number of carbonyl (C=O) groups excluding carboxylic acids is 2. The van der Waals surface area contributed by atoms with E-state index in [4.69, 9.17) is 5.73 Å². The van der Waals surface area contributed by atoms with Gasteiger partial charge in [0.2, 0.25) is 0 Å². The number of amides is 3. The highest BCUT2D eigenvalue weighted by Crippen LogP contribution is 2.15. The fourth-order valence-corrected chi connectivity index (χ4v) is 2.26. The first-order chi connectivity index (χ1) is 12.1. The molecule has 0 saturated carbocycles. The van der Waals surface area contributed by atoms with Crippen LogP contribution in [0.5, 0.6) is 0 Å². The molecule has 0 aliphatic rings. The SMILES string of the molecule is NC(=O)Nc1cccc(NC(=O)c2cn(Cc3ccccc3)nn2)c1. The number of primary amides is 1. The summed E-state index contributed by atoms with van der Waals surface area (Å²) in [5.74, 6) is -0.393. The molecule has 0 radical (unpaired) electrons. The Bertz CT molecular complexity index is 891. The summed E-state index contributed by atoms with van der Waals surface area (Å²) in [6.07, 6.45) is 1.58. The molecule has 3 amide bonds. The van der Waals surface area contributed by atoms with E-state index in [1.807, 2.05) is 30.3 Å². The van der Waals surface area contributed by atoms with Crippen LogP contribution in [0.15, 0.2) is 60.8 Å². The van der Waals surface area contributed by atoms with Gasteiger partial charge in [-0.3, -0.25) is 4.79 Å². The average Bonchev–Trinajstić information content (AvgIpc) is 3.04. The van der Waals surface area contributed by atoms with E-state index in [1.165, 1.54) is 0 Å². The fourth-order valence-electron chi connectivity index (χ4n) is 2.26. The third-order valence-electron chi connectivity index (χ3n) is 3.35. The van der Waals surface area contributed by atoms with Gasteiger partial charge in [0.15, 0.2) is 5.69 Å². The Labute approximate surface area is 143 Å². The Morgan fingerprint density at radius 2 is 1.72 bits per heavy atom. The topological polar surface area (TPSA) is 115 Å². The zero-order valence-corrected chi connectivity index (χ0v) is 13.2. The number of urea groups is 1. The predicted molar refractivity (Wildman–Crippen MR) is 93.2 cm³/mol. The lowest BCUT2D eigenvalue weighted by Gasteiger charge is -2.06. The Balaban J connectivity index is 1.67. The number of nitrogens with two attached hydrogens (primary N) is 1. The van der Waals surface area contributed by atoms with Gasteiger partial charge in [0.25, 0.3) is 5.91 Å². The van der Waals surface area contributed by atoms with Crippen molar-refractivity contribution in [3.63, 3.8) is 0 Å². The number of nitrogens with one attached hydrogen (secondary N) is 2. The van der Waals surface area contributed by atoms with Crippen molar-refractivity contribution in [2.24, 2.45) is 5.73 Å². The van der Waals surface area contributed by atoms with E-state index in [0.29, 0.717) is 17.9 Å². The third-order valence-corrected chi connectivity index (χ3v) is 3.35. The molecule has 0 aliphatic heterocycles. The second-order valence-electron chi connectivity index (χ2n) is 5.31. The normalized spacial score (nSPS) is 10.2. The lowest BCUT2D eigenvalue weighted by Crippen LogP contribution is -2.19. The van der Waals surface area contributed by atoms with Crippen molar-refractivity contribution in [3.8, 4) is 0 Å². The number of hydrogen-bond acceptors (Lipinski definition) is 4. The van der Waals surface area contributed by atoms with Crippen LogP contribution in [0.2, 0.25) is 0 Å². The van der Waals surface area contributed by atoms with Crippen molar-refractivity contribution < 1.29 is 9.59 Å². The smallest absolute Gasteiger partial charge is 0.316 e. The molecule has 1 aromatic heterocycles. The summed E-state index contributed by atoms with van der Waals surface area (Å²) < 4.78 is 1.59. The van der Waals surface area contributed by atoms with Crippen molar-refractivity contribution in [1.82, 2.24) is 15.0 Å². The highest BCUT2D eigenvalue weighted by atomic mass is 16.2. The molecule has 3 aromatic rings. The van der Waals surface area contributed by atoms with E-state index >= 15 is 0 Å². The Morgan fingerprint density at radius 1 is 1.00 bits per heavy atom. The van der Waals surface area contributed by atoms with Crippen molar-refractivity contribution in [2.45, 2.75) is 6.54 Å². The summed E-state index contributed by atoms with van der Waals surface area (Å²) in [5, 5.41) is 13.0. The molecule has 0 fully saturated rings. The first-order valence-corrected chi connectivity index (χ1v) is 7.52. The molecule has 0 bridgehead atoms. The maximum atomic E-state index is 12.3. The quantitative estimate of drug-likeness (QED) is 0.661. The van der Waals surface area contributed by atoms with Crippen LogP contribution >= 0.6 is 0 Å². The van der Waals surface area contributed by atoms with Gasteiger partial charge in [0.05, 0.1) is 12.7 Å². The van der Waals surface area contributed by atoms with Crippen LogP contribution in [0.25, 0.3) is 0 Å². The summed E-state index contributed by atoms with van der Waals surface area (Å²) in [6, 6.07) is 15.7. The van der Waals surface area contributed by atoms with Crippen LogP contribution in [0.3, 0.4) is 0 Å².